The van der Waals surface area contributed by atoms with Crippen LogP contribution in [0.3, 0.4) is 0 Å². The number of hydrogen-bond acceptors (Lipinski definition) is 5. The first kappa shape index (κ1) is 31.9. The van der Waals surface area contributed by atoms with Gasteiger partial charge in [-0.15, -0.1) is 10.2 Å². The molecular weight excluding hydrogens is 570 g/mol. The highest BCUT2D eigenvalue weighted by Crippen LogP contribution is 2.22. The lowest BCUT2D eigenvalue weighted by Crippen LogP contribution is -2.13. The van der Waals surface area contributed by atoms with Crippen LogP contribution in [0, 0.1) is 6.92 Å². The van der Waals surface area contributed by atoms with E-state index in [1.54, 1.807) is 36.4 Å². The summed E-state index contributed by atoms with van der Waals surface area (Å²) in [5, 5.41) is 12.2. The number of sulfonamides is 1. The maximum Gasteiger partial charge on any atom is 0.261 e. The van der Waals surface area contributed by atoms with Crippen LogP contribution in [0.5, 0.6) is 5.75 Å². The number of H-pyrrole nitrogens is 1. The van der Waals surface area contributed by atoms with Crippen LogP contribution in [-0.4, -0.2) is 34.8 Å². The Morgan fingerprint density at radius 2 is 1.48 bits per heavy atom. The molecule has 10 heteroatoms. The lowest BCUT2D eigenvalue weighted by atomic mass is 10.1. The van der Waals surface area contributed by atoms with Gasteiger partial charge in [-0.1, -0.05) is 88.4 Å². The molecule has 0 aliphatic heterocycles. The third-order valence-electron chi connectivity index (χ3n) is 7.51. The zero-order valence-electron chi connectivity index (χ0n) is 24.9. The predicted octanol–water partition coefficient (Wildman–Crippen LogP) is 8.30. The summed E-state index contributed by atoms with van der Waals surface area (Å²) in [7, 11) is -3.70. The summed E-state index contributed by atoms with van der Waals surface area (Å²) in [6, 6.07) is 14.1. The summed E-state index contributed by atoms with van der Waals surface area (Å²) in [6.45, 7) is 4.80. The van der Waals surface area contributed by atoms with E-state index in [-0.39, 0.29) is 4.90 Å². The number of fused-ring (bicyclic) bond motifs is 1. The molecule has 8 nitrogen and oxygen atoms in total. The second-order valence-electron chi connectivity index (χ2n) is 11.0. The van der Waals surface area contributed by atoms with Crippen molar-refractivity contribution >= 4 is 33.0 Å². The molecule has 0 saturated carbocycles. The molecule has 0 aliphatic carbocycles. The molecule has 4 rings (SSSR count). The number of nitrogens with one attached hydrogen (secondary N) is 2. The summed E-state index contributed by atoms with van der Waals surface area (Å²) >= 11 is 6.23. The molecule has 0 radical (unpaired) electrons. The van der Waals surface area contributed by atoms with E-state index in [9.17, 15) is 8.42 Å². The topological polar surface area (TPSA) is 101 Å². The van der Waals surface area contributed by atoms with Gasteiger partial charge >= 0.3 is 0 Å². The van der Waals surface area contributed by atoms with E-state index < -0.39 is 10.0 Å². The highest BCUT2D eigenvalue weighted by atomic mass is 35.5. The predicted molar refractivity (Wildman–Crippen MR) is 170 cm³/mol. The highest BCUT2D eigenvalue weighted by molar-refractivity contribution is 7.92. The van der Waals surface area contributed by atoms with Gasteiger partial charge in [-0.2, -0.15) is 0 Å². The maximum absolute atomic E-state index is 12.9. The Bertz CT molecular complexity index is 1480. The Kier molecular flexibility index (Phi) is 12.1. The number of anilines is 1. The molecule has 0 saturated heterocycles. The molecule has 4 aromatic rings. The molecule has 2 aromatic carbocycles. The van der Waals surface area contributed by atoms with Crippen LogP contribution >= 0.6 is 11.6 Å². The Hall–Kier alpha value is -3.04. The number of rotatable bonds is 19. The number of nitrogens with zero attached hydrogens (tertiary/aromatic N) is 3. The van der Waals surface area contributed by atoms with Gasteiger partial charge in [-0.05, 0) is 68.1 Å². The Morgan fingerprint density at radius 1 is 0.833 bits per heavy atom. The van der Waals surface area contributed by atoms with Crippen LogP contribution < -0.4 is 9.46 Å². The lowest BCUT2D eigenvalue weighted by Gasteiger charge is -2.10. The molecule has 0 bridgehead atoms. The molecule has 0 fully saturated rings. The van der Waals surface area contributed by atoms with Gasteiger partial charge in [-0.3, -0.25) is 9.82 Å². The van der Waals surface area contributed by atoms with E-state index >= 15 is 0 Å². The average molecular weight is 614 g/mol. The van der Waals surface area contributed by atoms with Crippen LogP contribution in [0.4, 0.5) is 5.69 Å². The van der Waals surface area contributed by atoms with Gasteiger partial charge in [0.25, 0.3) is 10.0 Å². The first-order valence-corrected chi connectivity index (χ1v) is 17.2. The van der Waals surface area contributed by atoms with Crippen LogP contribution in [0.25, 0.3) is 5.65 Å². The van der Waals surface area contributed by atoms with Crippen molar-refractivity contribution in [2.45, 2.75) is 102 Å². The maximum atomic E-state index is 12.9. The second kappa shape index (κ2) is 16.0. The fraction of sp³-hybridized carbons (Fsp3) is 0.500. The van der Waals surface area contributed by atoms with E-state index in [1.165, 1.54) is 51.4 Å². The molecule has 228 valence electrons. The first-order valence-electron chi connectivity index (χ1n) is 15.3. The molecule has 42 heavy (non-hydrogen) atoms. The van der Waals surface area contributed by atoms with Crippen molar-refractivity contribution in [3.8, 4) is 5.75 Å². The Labute approximate surface area is 255 Å². The fourth-order valence-corrected chi connectivity index (χ4v) is 6.24. The van der Waals surface area contributed by atoms with Gasteiger partial charge in [0.1, 0.15) is 10.8 Å². The molecule has 0 atom stereocenters. The molecule has 0 spiro atoms. The molecule has 0 amide bonds. The number of benzene rings is 2. The minimum atomic E-state index is -3.70. The number of unbranched alkanes of at least 4 members (excludes halogenated alkanes) is 9. The van der Waals surface area contributed by atoms with Crippen LogP contribution in [0.15, 0.2) is 53.4 Å². The van der Waals surface area contributed by atoms with Crippen LogP contribution in [0.2, 0.25) is 5.02 Å². The van der Waals surface area contributed by atoms with Crippen molar-refractivity contribution in [3.05, 3.63) is 70.6 Å². The van der Waals surface area contributed by atoms with Crippen molar-refractivity contribution in [3.63, 3.8) is 0 Å². The summed E-state index contributed by atoms with van der Waals surface area (Å²) < 4.78 is 36.2. The summed E-state index contributed by atoms with van der Waals surface area (Å²) in [6.07, 6.45) is 15.2. The molecule has 2 aromatic heterocycles. The quantitative estimate of drug-likeness (QED) is 0.104. The van der Waals surface area contributed by atoms with Gasteiger partial charge in [-0.25, -0.2) is 12.9 Å². The molecule has 0 unspecified atom stereocenters. The van der Waals surface area contributed by atoms with Gasteiger partial charge in [0.05, 0.1) is 17.2 Å². The monoisotopic (exact) mass is 613 g/mol. The summed E-state index contributed by atoms with van der Waals surface area (Å²) in [4.78, 5) is 0.206. The number of halogens is 1. The zero-order valence-corrected chi connectivity index (χ0v) is 26.4. The minimum Gasteiger partial charge on any atom is -0.494 e. The van der Waals surface area contributed by atoms with E-state index in [0.717, 1.165) is 49.2 Å². The number of aryl methyl sites for hydroxylation is 3. The van der Waals surface area contributed by atoms with Gasteiger partial charge in [0.15, 0.2) is 11.5 Å². The van der Waals surface area contributed by atoms with E-state index in [2.05, 4.69) is 26.9 Å². The number of ether oxygens (including phenoxy) is 1. The fourth-order valence-electron chi connectivity index (χ4n) is 5.02. The van der Waals surface area contributed by atoms with Crippen molar-refractivity contribution in [1.82, 2.24) is 19.8 Å². The van der Waals surface area contributed by atoms with E-state index in [4.69, 9.17) is 16.3 Å². The van der Waals surface area contributed by atoms with E-state index in [1.807, 2.05) is 23.6 Å². The molecule has 2 N–H and O–H groups in total. The normalized spacial score (nSPS) is 11.8. The lowest BCUT2D eigenvalue weighted by molar-refractivity contribution is 0.304. The average Bonchev–Trinajstić information content (AvgIpc) is 3.51. The van der Waals surface area contributed by atoms with Gasteiger partial charge < -0.3 is 4.74 Å². The zero-order chi connectivity index (χ0) is 29.8. The second-order valence-corrected chi connectivity index (χ2v) is 13.0. The Morgan fingerprint density at radius 3 is 2.14 bits per heavy atom. The molecular formula is C32H44ClN5O3S. The van der Waals surface area contributed by atoms with Crippen molar-refractivity contribution < 1.29 is 13.2 Å². The number of hydrogen-bond donors (Lipinski definition) is 2. The number of aromatic amines is 1. The SMILES string of the molecule is CCCCCCCCCCCCOc1ccc(S(=O)(=O)Nc2ccc(CCCc3nnc4c(Cl)c(C)[nH]n34)cc2)cc1. The standard InChI is InChI=1S/C32H44ClN5O3S/c1-3-4-5-6-7-8-9-10-11-12-24-41-28-20-22-29(23-21-28)42(39,40)37-27-18-16-26(17-19-27)14-13-15-30-34-35-32-31(33)25(2)36-38(30)32/h16-23,36-37H,3-15,24H2,1-2H3. The summed E-state index contributed by atoms with van der Waals surface area (Å²) in [5.41, 5.74) is 3.15. The number of aromatic nitrogens is 4. The highest BCUT2D eigenvalue weighted by Gasteiger charge is 2.15. The van der Waals surface area contributed by atoms with Crippen molar-refractivity contribution in [2.24, 2.45) is 0 Å². The van der Waals surface area contributed by atoms with E-state index in [0.29, 0.717) is 28.7 Å². The third kappa shape index (κ3) is 9.23. The Balaban J connectivity index is 1.15. The third-order valence-corrected chi connectivity index (χ3v) is 9.36. The first-order chi connectivity index (χ1) is 20.4. The van der Waals surface area contributed by atoms with Gasteiger partial charge in [0.2, 0.25) is 0 Å². The minimum absolute atomic E-state index is 0.206. The van der Waals surface area contributed by atoms with Crippen molar-refractivity contribution in [2.75, 3.05) is 11.3 Å². The molecule has 2 heterocycles. The van der Waals surface area contributed by atoms with Gasteiger partial charge in [0, 0.05) is 12.1 Å². The van der Waals surface area contributed by atoms with Crippen LogP contribution in [-0.2, 0) is 22.9 Å². The van der Waals surface area contributed by atoms with Crippen molar-refractivity contribution in [1.29, 1.82) is 0 Å². The largest absolute Gasteiger partial charge is 0.494 e. The smallest absolute Gasteiger partial charge is 0.261 e. The van der Waals surface area contributed by atoms with Crippen LogP contribution in [0.1, 0.15) is 94.6 Å². The molecule has 0 aliphatic rings. The summed E-state index contributed by atoms with van der Waals surface area (Å²) in [5.74, 6) is 1.52.